The molecule has 0 saturated carbocycles. The Hall–Kier alpha value is -4.39. The van der Waals surface area contributed by atoms with Crippen molar-refractivity contribution in [2.45, 2.75) is 65.5 Å². The number of rotatable bonds is 8. The second-order valence-corrected chi connectivity index (χ2v) is 10.4. The largest absolute Gasteiger partial charge is 0.444 e. The van der Waals surface area contributed by atoms with Crippen LogP contribution in [0.5, 0.6) is 0 Å². The highest BCUT2D eigenvalue weighted by Gasteiger charge is 2.27. The summed E-state index contributed by atoms with van der Waals surface area (Å²) in [5, 5.41) is 9.19. The fourth-order valence-corrected chi connectivity index (χ4v) is 3.56. The topological polar surface area (TPSA) is 108 Å². The molecule has 0 aliphatic heterocycles. The maximum Gasteiger partial charge on any atom is 0.410 e. The van der Waals surface area contributed by atoms with Gasteiger partial charge in [-0.2, -0.15) is 4.98 Å². The van der Waals surface area contributed by atoms with Crippen molar-refractivity contribution in [1.29, 1.82) is 0 Å². The maximum absolute atomic E-state index is 13.5. The smallest absolute Gasteiger partial charge is 0.410 e. The van der Waals surface area contributed by atoms with Gasteiger partial charge in [0.1, 0.15) is 23.3 Å². The van der Waals surface area contributed by atoms with Gasteiger partial charge in [-0.25, -0.2) is 14.2 Å². The lowest BCUT2D eigenvalue weighted by Gasteiger charge is -2.28. The van der Waals surface area contributed by atoms with E-state index in [9.17, 15) is 14.0 Å². The van der Waals surface area contributed by atoms with Gasteiger partial charge in [-0.15, -0.1) is 0 Å². The molecule has 0 unspecified atom stereocenters. The quantitative estimate of drug-likeness (QED) is 0.374. The highest BCUT2D eigenvalue weighted by atomic mass is 19.1. The lowest BCUT2D eigenvalue weighted by Crippen LogP contribution is -2.47. The summed E-state index contributed by atoms with van der Waals surface area (Å²) in [7, 11) is 1.54. The van der Waals surface area contributed by atoms with E-state index in [-0.39, 0.29) is 11.7 Å². The Balaban J connectivity index is 1.71. The van der Waals surface area contributed by atoms with Crippen LogP contribution in [0.1, 0.15) is 59.4 Å². The van der Waals surface area contributed by atoms with Crippen LogP contribution in [-0.4, -0.2) is 52.1 Å². The molecule has 2 aromatic rings. The molecule has 1 aromatic carbocycles. The lowest BCUT2D eigenvalue weighted by molar-refractivity contribution is -0.124. The van der Waals surface area contributed by atoms with Crippen LogP contribution in [0.15, 0.2) is 53.9 Å². The zero-order valence-electron chi connectivity index (χ0n) is 23.9. The second kappa shape index (κ2) is 13.6. The van der Waals surface area contributed by atoms with Crippen LogP contribution in [0.4, 0.5) is 26.6 Å². The van der Waals surface area contributed by atoms with Crippen LogP contribution in [-0.2, 0) is 9.53 Å². The molecular weight excluding hydrogens is 511 g/mol. The molecule has 9 nitrogen and oxygen atoms in total. The van der Waals surface area contributed by atoms with Crippen LogP contribution >= 0.6 is 0 Å². The summed E-state index contributed by atoms with van der Waals surface area (Å²) in [6, 6.07) is 5.35. The predicted octanol–water partition coefficient (Wildman–Crippen LogP) is 5.51. The monoisotopic (exact) mass is 548 g/mol. The summed E-state index contributed by atoms with van der Waals surface area (Å²) >= 11 is 0. The van der Waals surface area contributed by atoms with Gasteiger partial charge < -0.3 is 20.7 Å². The molecule has 0 bridgehead atoms. The van der Waals surface area contributed by atoms with E-state index in [1.165, 1.54) is 24.1 Å². The molecule has 212 valence electrons. The van der Waals surface area contributed by atoms with E-state index in [2.05, 4.69) is 37.8 Å². The summed E-state index contributed by atoms with van der Waals surface area (Å²) in [6.07, 6.45) is 7.12. The van der Waals surface area contributed by atoms with Crippen LogP contribution in [0.25, 0.3) is 0 Å². The van der Waals surface area contributed by atoms with Crippen molar-refractivity contribution in [3.8, 4) is 11.8 Å². The molecule has 0 fully saturated rings. The molecule has 2 amide bonds. The molecule has 40 heavy (non-hydrogen) atoms. The Morgan fingerprint density at radius 1 is 1.25 bits per heavy atom. The minimum absolute atomic E-state index is 0.311. The molecule has 0 saturated heterocycles. The fraction of sp³-hybridized carbons (Fsp3) is 0.400. The second-order valence-electron chi connectivity index (χ2n) is 10.4. The maximum atomic E-state index is 13.5. The number of benzene rings is 1. The third-order valence-corrected chi connectivity index (χ3v) is 5.79. The van der Waals surface area contributed by atoms with Crippen molar-refractivity contribution >= 4 is 29.5 Å². The lowest BCUT2D eigenvalue weighted by atomic mass is 10.0. The average molecular weight is 549 g/mol. The Morgan fingerprint density at radius 2 is 2.02 bits per heavy atom. The van der Waals surface area contributed by atoms with Crippen molar-refractivity contribution in [2.75, 3.05) is 24.2 Å². The SMILES string of the molecule is CCCNc1nc(Nc2cccc(F)c2)ncc1C#CC1=CCCC(NC(=O)[C@H](C)N(C)C(=O)OC(C)(C)C)=C1. The molecule has 1 aromatic heterocycles. The van der Waals surface area contributed by atoms with Gasteiger partial charge in [0.15, 0.2) is 0 Å². The van der Waals surface area contributed by atoms with Crippen LogP contribution < -0.4 is 16.0 Å². The zero-order valence-corrected chi connectivity index (χ0v) is 23.9. The van der Waals surface area contributed by atoms with Gasteiger partial charge in [0.2, 0.25) is 11.9 Å². The molecular formula is C30H37FN6O3. The molecule has 10 heteroatoms. The summed E-state index contributed by atoms with van der Waals surface area (Å²) in [5.41, 5.74) is 1.96. The highest BCUT2D eigenvalue weighted by molar-refractivity contribution is 5.86. The van der Waals surface area contributed by atoms with E-state index in [1.54, 1.807) is 46.0 Å². The predicted molar refractivity (Wildman–Crippen MR) is 154 cm³/mol. The number of amides is 2. The first-order valence-electron chi connectivity index (χ1n) is 13.3. The van der Waals surface area contributed by atoms with E-state index >= 15 is 0 Å². The van der Waals surface area contributed by atoms with Gasteiger partial charge in [0, 0.05) is 30.5 Å². The number of carbonyl (C=O) groups excluding carboxylic acids is 2. The number of ether oxygens (including phenoxy) is 1. The Morgan fingerprint density at radius 3 is 2.73 bits per heavy atom. The van der Waals surface area contributed by atoms with Crippen molar-refractivity contribution in [2.24, 2.45) is 0 Å². The number of likely N-dealkylation sites (N-methyl/N-ethyl adjacent to an activating group) is 1. The van der Waals surface area contributed by atoms with E-state index in [0.717, 1.165) is 17.7 Å². The van der Waals surface area contributed by atoms with Crippen LogP contribution in [0.2, 0.25) is 0 Å². The average Bonchev–Trinajstić information content (AvgIpc) is 2.89. The van der Waals surface area contributed by atoms with Gasteiger partial charge in [-0.05, 0) is 71.2 Å². The number of allylic oxidation sites excluding steroid dienone is 4. The number of nitrogens with zero attached hydrogens (tertiary/aromatic N) is 3. The normalized spacial score (nSPS) is 13.6. The summed E-state index contributed by atoms with van der Waals surface area (Å²) in [5.74, 6) is 6.48. The molecule has 0 radical (unpaired) electrons. The third-order valence-electron chi connectivity index (χ3n) is 5.79. The van der Waals surface area contributed by atoms with E-state index in [1.807, 2.05) is 19.1 Å². The third kappa shape index (κ3) is 9.12. The number of anilines is 3. The summed E-state index contributed by atoms with van der Waals surface area (Å²) in [4.78, 5) is 35.3. The first-order valence-corrected chi connectivity index (χ1v) is 13.3. The zero-order chi connectivity index (χ0) is 29.3. The molecule has 1 aliphatic carbocycles. The van der Waals surface area contributed by atoms with Crippen molar-refractivity contribution in [3.05, 3.63) is 65.3 Å². The molecule has 1 atom stereocenters. The Bertz CT molecular complexity index is 1350. The minimum Gasteiger partial charge on any atom is -0.444 e. The minimum atomic E-state index is -0.722. The first kappa shape index (κ1) is 30.2. The number of aromatic nitrogens is 2. The molecule has 1 heterocycles. The number of hydrogen-bond acceptors (Lipinski definition) is 7. The van der Waals surface area contributed by atoms with Crippen LogP contribution in [0, 0.1) is 17.7 Å². The van der Waals surface area contributed by atoms with Crippen molar-refractivity contribution in [3.63, 3.8) is 0 Å². The molecule has 3 rings (SSSR count). The standard InChI is InChI=1S/C30H37FN6O3/c1-7-16-32-26-22(19-33-28(36-26)35-25-13-9-11-23(31)18-25)15-14-21-10-8-12-24(17-21)34-27(38)20(2)37(6)29(39)40-30(3,4)5/h9-11,13,17-20H,7-8,12,16H2,1-6H3,(H,34,38)(H2,32,33,35,36)/t20-/m0/s1. The molecule has 0 spiro atoms. The molecule has 3 N–H and O–H groups in total. The van der Waals surface area contributed by atoms with Crippen molar-refractivity contribution < 1.29 is 18.7 Å². The van der Waals surface area contributed by atoms with Crippen LogP contribution in [0.3, 0.4) is 0 Å². The van der Waals surface area contributed by atoms with Gasteiger partial charge in [-0.1, -0.05) is 30.9 Å². The summed E-state index contributed by atoms with van der Waals surface area (Å²) < 4.78 is 18.9. The van der Waals surface area contributed by atoms with E-state index in [4.69, 9.17) is 4.74 Å². The van der Waals surface area contributed by atoms with Gasteiger partial charge in [0.25, 0.3) is 0 Å². The number of halogens is 1. The molecule has 1 aliphatic rings. The summed E-state index contributed by atoms with van der Waals surface area (Å²) in [6.45, 7) is 9.72. The van der Waals surface area contributed by atoms with Gasteiger partial charge in [-0.3, -0.25) is 9.69 Å². The number of carbonyl (C=O) groups is 2. The highest BCUT2D eigenvalue weighted by Crippen LogP contribution is 2.20. The first-order chi connectivity index (χ1) is 18.9. The Kier molecular flexibility index (Phi) is 10.3. The number of hydrogen-bond donors (Lipinski definition) is 3. The Labute approximate surface area is 235 Å². The van der Waals surface area contributed by atoms with E-state index in [0.29, 0.717) is 42.4 Å². The van der Waals surface area contributed by atoms with Crippen molar-refractivity contribution in [1.82, 2.24) is 20.2 Å². The van der Waals surface area contributed by atoms with E-state index < -0.39 is 17.7 Å². The fourth-order valence-electron chi connectivity index (χ4n) is 3.56. The van der Waals surface area contributed by atoms with Gasteiger partial charge >= 0.3 is 6.09 Å². The number of nitrogens with one attached hydrogen (secondary N) is 3. The van der Waals surface area contributed by atoms with Gasteiger partial charge in [0.05, 0.1) is 11.8 Å².